The number of aromatic nitrogens is 4. The largest absolute Gasteiger partial charge is 0.484 e. The molecule has 9 heteroatoms. The fraction of sp³-hybridized carbons (Fsp3) is 0.263. The Balaban J connectivity index is 1.78. The van der Waals surface area contributed by atoms with Crippen molar-refractivity contribution in [2.45, 2.75) is 27.2 Å². The highest BCUT2D eigenvalue weighted by molar-refractivity contribution is 6.30. The highest BCUT2D eigenvalue weighted by Gasteiger charge is 2.15. The first kappa shape index (κ1) is 19.6. The third kappa shape index (κ3) is 4.40. The lowest BCUT2D eigenvalue weighted by Gasteiger charge is -2.10. The van der Waals surface area contributed by atoms with E-state index in [0.717, 1.165) is 0 Å². The van der Waals surface area contributed by atoms with Crippen LogP contribution in [0.15, 0.2) is 35.1 Å². The minimum absolute atomic E-state index is 0.191. The number of carbonyl (C=O) groups excluding carboxylic acids is 1. The van der Waals surface area contributed by atoms with Crippen molar-refractivity contribution in [1.82, 2.24) is 19.7 Å². The third-order valence-corrected chi connectivity index (χ3v) is 4.30. The van der Waals surface area contributed by atoms with E-state index in [4.69, 9.17) is 16.3 Å². The average molecular weight is 402 g/mol. The average Bonchev–Trinajstić information content (AvgIpc) is 3.01. The van der Waals surface area contributed by atoms with Crippen molar-refractivity contribution >= 4 is 23.3 Å². The van der Waals surface area contributed by atoms with Crippen LogP contribution in [-0.4, -0.2) is 32.3 Å². The fourth-order valence-corrected chi connectivity index (χ4v) is 2.85. The molecular weight excluding hydrogens is 382 g/mol. The second-order valence-electron chi connectivity index (χ2n) is 6.18. The summed E-state index contributed by atoms with van der Waals surface area (Å²) in [5.74, 6) is 0.775. The molecule has 0 unspecified atom stereocenters. The van der Waals surface area contributed by atoms with Gasteiger partial charge in [-0.15, -0.1) is 0 Å². The number of hydrogen-bond donors (Lipinski definition) is 2. The van der Waals surface area contributed by atoms with Crippen molar-refractivity contribution in [3.63, 3.8) is 0 Å². The second-order valence-corrected chi connectivity index (χ2v) is 6.62. The van der Waals surface area contributed by atoms with Crippen LogP contribution in [-0.2, 0) is 11.2 Å². The van der Waals surface area contributed by atoms with E-state index in [-0.39, 0.29) is 24.0 Å². The van der Waals surface area contributed by atoms with Gasteiger partial charge in [0, 0.05) is 22.3 Å². The van der Waals surface area contributed by atoms with E-state index in [1.165, 1.54) is 4.68 Å². The Bertz CT molecular complexity index is 1060. The van der Waals surface area contributed by atoms with Gasteiger partial charge in [-0.05, 0) is 44.5 Å². The van der Waals surface area contributed by atoms with E-state index in [9.17, 15) is 9.59 Å². The molecule has 3 aromatic rings. The van der Waals surface area contributed by atoms with Gasteiger partial charge in [0.15, 0.2) is 6.61 Å². The van der Waals surface area contributed by atoms with Crippen molar-refractivity contribution in [3.8, 4) is 11.7 Å². The third-order valence-electron chi connectivity index (χ3n) is 4.05. The Kier molecular flexibility index (Phi) is 5.79. The number of benzene rings is 1. The van der Waals surface area contributed by atoms with Crippen LogP contribution in [0, 0.1) is 13.8 Å². The number of hydrogen-bond acceptors (Lipinski definition) is 5. The van der Waals surface area contributed by atoms with E-state index in [0.29, 0.717) is 40.0 Å². The smallest absolute Gasteiger partial charge is 0.263 e. The molecule has 0 aliphatic rings. The molecule has 0 saturated carbocycles. The number of aromatic amines is 1. The van der Waals surface area contributed by atoms with E-state index in [2.05, 4.69) is 20.4 Å². The number of nitrogens with zero attached hydrogens (tertiary/aromatic N) is 3. The molecule has 1 amide bonds. The predicted octanol–water partition coefficient (Wildman–Crippen LogP) is 2.81. The molecule has 0 atom stereocenters. The molecule has 0 fully saturated rings. The molecule has 2 heterocycles. The summed E-state index contributed by atoms with van der Waals surface area (Å²) in [5, 5.41) is 7.63. The lowest BCUT2D eigenvalue weighted by atomic mass is 10.2. The Morgan fingerprint density at radius 1 is 1.29 bits per heavy atom. The molecule has 0 spiro atoms. The zero-order valence-corrected chi connectivity index (χ0v) is 16.5. The maximum absolute atomic E-state index is 12.3. The van der Waals surface area contributed by atoms with Gasteiger partial charge in [-0.2, -0.15) is 9.78 Å². The monoisotopic (exact) mass is 401 g/mol. The first-order valence-corrected chi connectivity index (χ1v) is 9.10. The van der Waals surface area contributed by atoms with Gasteiger partial charge in [0.1, 0.15) is 11.6 Å². The van der Waals surface area contributed by atoms with Crippen LogP contribution in [0.3, 0.4) is 0 Å². The maximum Gasteiger partial charge on any atom is 0.263 e. The van der Waals surface area contributed by atoms with Crippen LogP contribution in [0.5, 0.6) is 5.75 Å². The number of halogens is 1. The molecule has 3 rings (SSSR count). The Hall–Kier alpha value is -3.13. The van der Waals surface area contributed by atoms with Crippen LogP contribution in [0.4, 0.5) is 5.82 Å². The van der Waals surface area contributed by atoms with Gasteiger partial charge >= 0.3 is 0 Å². The Labute approximate surface area is 166 Å². The number of aryl methyl sites for hydroxylation is 2. The number of ether oxygens (including phenoxy) is 1. The SMILES string of the molecule is CCc1c(C)nc(-n2nc(C)cc2NC(=O)COc2ccc(Cl)cc2)[nH]c1=O. The molecular formula is C19H20ClN5O3. The minimum Gasteiger partial charge on any atom is -0.484 e. The molecule has 2 aromatic heterocycles. The Morgan fingerprint density at radius 2 is 2.00 bits per heavy atom. The van der Waals surface area contributed by atoms with Gasteiger partial charge < -0.3 is 10.1 Å². The number of H-pyrrole nitrogens is 1. The summed E-state index contributed by atoms with van der Waals surface area (Å²) in [6.45, 7) is 5.25. The molecule has 28 heavy (non-hydrogen) atoms. The van der Waals surface area contributed by atoms with Gasteiger partial charge in [-0.3, -0.25) is 14.6 Å². The summed E-state index contributed by atoms with van der Waals surface area (Å²) in [4.78, 5) is 31.6. The lowest BCUT2D eigenvalue weighted by Crippen LogP contribution is -2.24. The molecule has 0 radical (unpaired) electrons. The van der Waals surface area contributed by atoms with Crippen molar-refractivity contribution < 1.29 is 9.53 Å². The summed E-state index contributed by atoms with van der Waals surface area (Å²) < 4.78 is 6.83. The molecule has 0 bridgehead atoms. The first-order valence-electron chi connectivity index (χ1n) is 8.72. The van der Waals surface area contributed by atoms with Crippen molar-refractivity contribution in [3.05, 3.63) is 62.7 Å². The van der Waals surface area contributed by atoms with Gasteiger partial charge in [-0.1, -0.05) is 18.5 Å². The molecule has 0 aliphatic heterocycles. The van der Waals surface area contributed by atoms with Crippen LogP contribution in [0.1, 0.15) is 23.9 Å². The topological polar surface area (TPSA) is 102 Å². The molecule has 1 aromatic carbocycles. The molecule has 2 N–H and O–H groups in total. The minimum atomic E-state index is -0.375. The second kappa shape index (κ2) is 8.26. The normalized spacial score (nSPS) is 10.7. The van der Waals surface area contributed by atoms with E-state index in [1.54, 1.807) is 44.2 Å². The number of amides is 1. The summed E-state index contributed by atoms with van der Waals surface area (Å²) >= 11 is 5.83. The molecule has 0 aliphatic carbocycles. The lowest BCUT2D eigenvalue weighted by molar-refractivity contribution is -0.118. The van der Waals surface area contributed by atoms with E-state index in [1.807, 2.05) is 6.92 Å². The van der Waals surface area contributed by atoms with Gasteiger partial charge in [0.05, 0.1) is 5.69 Å². The summed E-state index contributed by atoms with van der Waals surface area (Å²) in [7, 11) is 0. The van der Waals surface area contributed by atoms with Crippen LogP contribution < -0.4 is 15.6 Å². The highest BCUT2D eigenvalue weighted by Crippen LogP contribution is 2.17. The zero-order valence-electron chi connectivity index (χ0n) is 15.7. The fourth-order valence-electron chi connectivity index (χ4n) is 2.72. The van der Waals surface area contributed by atoms with Gasteiger partial charge in [0.25, 0.3) is 11.5 Å². The molecule has 8 nitrogen and oxygen atoms in total. The number of carbonyl (C=O) groups is 1. The van der Waals surface area contributed by atoms with E-state index >= 15 is 0 Å². The Morgan fingerprint density at radius 3 is 2.64 bits per heavy atom. The van der Waals surface area contributed by atoms with Crippen molar-refractivity contribution in [2.24, 2.45) is 0 Å². The van der Waals surface area contributed by atoms with Crippen LogP contribution >= 0.6 is 11.6 Å². The van der Waals surface area contributed by atoms with Gasteiger partial charge in [-0.25, -0.2) is 4.98 Å². The summed E-state index contributed by atoms with van der Waals surface area (Å²) in [6.07, 6.45) is 0.582. The maximum atomic E-state index is 12.3. The number of anilines is 1. The standard InChI is InChI=1S/C19H20ClN5O3/c1-4-15-12(3)21-19(23-18(15)27)25-16(9-11(2)24-25)22-17(26)10-28-14-7-5-13(20)6-8-14/h5-9H,4,10H2,1-3H3,(H,22,26)(H,21,23,27). The van der Waals surface area contributed by atoms with Crippen LogP contribution in [0.2, 0.25) is 5.02 Å². The molecule has 146 valence electrons. The molecule has 0 saturated heterocycles. The first-order chi connectivity index (χ1) is 13.4. The number of nitrogens with one attached hydrogen (secondary N) is 2. The zero-order chi connectivity index (χ0) is 20.3. The predicted molar refractivity (Wildman–Crippen MR) is 106 cm³/mol. The summed E-state index contributed by atoms with van der Waals surface area (Å²) in [6, 6.07) is 8.39. The van der Waals surface area contributed by atoms with E-state index < -0.39 is 0 Å². The van der Waals surface area contributed by atoms with Crippen molar-refractivity contribution in [2.75, 3.05) is 11.9 Å². The summed E-state index contributed by atoms with van der Waals surface area (Å²) in [5.41, 5.74) is 1.68. The quantitative estimate of drug-likeness (QED) is 0.661. The van der Waals surface area contributed by atoms with Crippen molar-refractivity contribution in [1.29, 1.82) is 0 Å². The van der Waals surface area contributed by atoms with Crippen LogP contribution in [0.25, 0.3) is 5.95 Å². The van der Waals surface area contributed by atoms with Gasteiger partial charge in [0.2, 0.25) is 5.95 Å². The highest BCUT2D eigenvalue weighted by atomic mass is 35.5. The number of rotatable bonds is 6.